The number of para-hydroxylation sites is 1. The molecule has 0 saturated carbocycles. The van der Waals surface area contributed by atoms with Gasteiger partial charge >= 0.3 is 0 Å². The van der Waals surface area contributed by atoms with Crippen molar-refractivity contribution in [1.29, 1.82) is 0 Å². The predicted octanol–water partition coefficient (Wildman–Crippen LogP) is 2.16. The van der Waals surface area contributed by atoms with Crippen LogP contribution in [0.4, 0.5) is 0 Å². The lowest BCUT2D eigenvalue weighted by Crippen LogP contribution is -2.15. The second-order valence-corrected chi connectivity index (χ2v) is 4.82. The maximum atomic E-state index is 10.2. The summed E-state index contributed by atoms with van der Waals surface area (Å²) in [6.45, 7) is 0.893. The van der Waals surface area contributed by atoms with Crippen LogP contribution in [0.15, 0.2) is 30.5 Å². The number of aliphatic hydroxyl groups excluding tert-OH is 1. The molecule has 2 aromatic rings. The van der Waals surface area contributed by atoms with E-state index in [-0.39, 0.29) is 6.10 Å². The Bertz CT molecular complexity index is 502. The Kier molecular flexibility index (Phi) is 3.50. The summed E-state index contributed by atoms with van der Waals surface area (Å²) < 4.78 is 2.07. The average molecular weight is 232 g/mol. The highest BCUT2D eigenvalue weighted by molar-refractivity contribution is 5.84. The van der Waals surface area contributed by atoms with E-state index in [9.17, 15) is 5.11 Å². The van der Waals surface area contributed by atoms with Crippen LogP contribution in [0.2, 0.25) is 0 Å². The number of aromatic nitrogens is 1. The number of nitrogens with zero attached hydrogens (tertiary/aromatic N) is 2. The normalized spacial score (nSPS) is 13.5. The van der Waals surface area contributed by atoms with Crippen molar-refractivity contribution in [3.8, 4) is 0 Å². The molecule has 0 aliphatic heterocycles. The third kappa shape index (κ3) is 2.51. The van der Waals surface area contributed by atoms with E-state index in [4.69, 9.17) is 0 Å². The first-order valence-electron chi connectivity index (χ1n) is 5.96. The lowest BCUT2D eigenvalue weighted by molar-refractivity contribution is 0.155. The van der Waals surface area contributed by atoms with E-state index >= 15 is 0 Å². The molecular formula is C14H20N2O. The predicted molar refractivity (Wildman–Crippen MR) is 71.0 cm³/mol. The topological polar surface area (TPSA) is 28.4 Å². The van der Waals surface area contributed by atoms with Crippen LogP contribution in [0.3, 0.4) is 0 Å². The first-order chi connectivity index (χ1) is 8.09. The molecule has 0 fully saturated rings. The van der Waals surface area contributed by atoms with Crippen molar-refractivity contribution in [3.63, 3.8) is 0 Å². The molecule has 1 aromatic carbocycles. The molecule has 0 spiro atoms. The highest BCUT2D eigenvalue weighted by Crippen LogP contribution is 2.27. The lowest BCUT2D eigenvalue weighted by atomic mass is 10.1. The maximum absolute atomic E-state index is 10.2. The van der Waals surface area contributed by atoms with Gasteiger partial charge in [-0.1, -0.05) is 18.2 Å². The van der Waals surface area contributed by atoms with Crippen molar-refractivity contribution in [3.05, 3.63) is 36.0 Å². The molecule has 0 bridgehead atoms. The number of aliphatic hydroxyl groups is 1. The Morgan fingerprint density at radius 3 is 2.71 bits per heavy atom. The van der Waals surface area contributed by atoms with Crippen LogP contribution >= 0.6 is 0 Å². The summed E-state index contributed by atoms with van der Waals surface area (Å²) in [5, 5.41) is 11.4. The van der Waals surface area contributed by atoms with Crippen LogP contribution in [-0.2, 0) is 7.05 Å². The molecule has 17 heavy (non-hydrogen) atoms. The van der Waals surface area contributed by atoms with E-state index in [1.165, 1.54) is 5.52 Å². The second kappa shape index (κ2) is 4.90. The van der Waals surface area contributed by atoms with E-state index in [2.05, 4.69) is 21.6 Å². The second-order valence-electron chi connectivity index (χ2n) is 4.82. The SMILES string of the molecule is CN(C)CCC(O)c1cn(C)c2ccccc12. The number of aryl methyl sites for hydroxylation is 1. The Hall–Kier alpha value is -1.32. The fourth-order valence-corrected chi connectivity index (χ4v) is 2.17. The molecule has 1 unspecified atom stereocenters. The minimum Gasteiger partial charge on any atom is -0.388 e. The molecule has 1 N–H and O–H groups in total. The van der Waals surface area contributed by atoms with Gasteiger partial charge in [0.2, 0.25) is 0 Å². The highest BCUT2D eigenvalue weighted by Gasteiger charge is 2.14. The smallest absolute Gasteiger partial charge is 0.0823 e. The standard InChI is InChI=1S/C14H20N2O/c1-15(2)9-8-14(17)12-10-16(3)13-7-5-4-6-11(12)13/h4-7,10,14,17H,8-9H2,1-3H3. The maximum Gasteiger partial charge on any atom is 0.0823 e. The van der Waals surface area contributed by atoms with Gasteiger partial charge in [-0.3, -0.25) is 0 Å². The molecule has 3 nitrogen and oxygen atoms in total. The summed E-state index contributed by atoms with van der Waals surface area (Å²) in [4.78, 5) is 2.09. The zero-order valence-electron chi connectivity index (χ0n) is 10.7. The Balaban J connectivity index is 2.29. The fraction of sp³-hybridized carbons (Fsp3) is 0.429. The monoisotopic (exact) mass is 232 g/mol. The van der Waals surface area contributed by atoms with Gasteiger partial charge in [0.25, 0.3) is 0 Å². The summed E-state index contributed by atoms with van der Waals surface area (Å²) in [5.41, 5.74) is 2.20. The van der Waals surface area contributed by atoms with E-state index in [1.807, 2.05) is 39.5 Å². The molecule has 92 valence electrons. The van der Waals surface area contributed by atoms with Gasteiger partial charge in [0.05, 0.1) is 6.10 Å². The van der Waals surface area contributed by atoms with Crippen LogP contribution in [0.5, 0.6) is 0 Å². The molecule has 2 rings (SSSR count). The van der Waals surface area contributed by atoms with Gasteiger partial charge in [-0.05, 0) is 26.6 Å². The molecule has 0 aliphatic rings. The number of rotatable bonds is 4. The summed E-state index contributed by atoms with van der Waals surface area (Å²) >= 11 is 0. The van der Waals surface area contributed by atoms with Gasteiger partial charge < -0.3 is 14.6 Å². The first kappa shape index (κ1) is 12.1. The molecule has 0 amide bonds. The summed E-state index contributed by atoms with van der Waals surface area (Å²) in [5.74, 6) is 0. The van der Waals surface area contributed by atoms with Gasteiger partial charge in [0.15, 0.2) is 0 Å². The number of hydrogen-bond donors (Lipinski definition) is 1. The quantitative estimate of drug-likeness (QED) is 0.875. The van der Waals surface area contributed by atoms with Crippen molar-refractivity contribution in [2.75, 3.05) is 20.6 Å². The van der Waals surface area contributed by atoms with E-state index in [0.29, 0.717) is 0 Å². The van der Waals surface area contributed by atoms with Crippen molar-refractivity contribution >= 4 is 10.9 Å². The Labute approximate surface area is 102 Å². The average Bonchev–Trinajstić information content (AvgIpc) is 2.65. The van der Waals surface area contributed by atoms with Gasteiger partial charge in [-0.2, -0.15) is 0 Å². The molecule has 1 heterocycles. The van der Waals surface area contributed by atoms with Crippen molar-refractivity contribution < 1.29 is 5.11 Å². The molecule has 3 heteroatoms. The first-order valence-corrected chi connectivity index (χ1v) is 5.96. The van der Waals surface area contributed by atoms with Crippen LogP contribution < -0.4 is 0 Å². The number of benzene rings is 1. The highest BCUT2D eigenvalue weighted by atomic mass is 16.3. The number of fused-ring (bicyclic) bond motifs is 1. The van der Waals surface area contributed by atoms with Gasteiger partial charge in [-0.25, -0.2) is 0 Å². The molecule has 1 atom stereocenters. The third-order valence-electron chi connectivity index (χ3n) is 3.14. The zero-order chi connectivity index (χ0) is 12.4. The van der Waals surface area contributed by atoms with E-state index in [0.717, 1.165) is 23.9 Å². The minimum absolute atomic E-state index is 0.386. The van der Waals surface area contributed by atoms with Crippen LogP contribution in [0, 0.1) is 0 Å². The Morgan fingerprint density at radius 1 is 1.29 bits per heavy atom. The van der Waals surface area contributed by atoms with Crippen molar-refractivity contribution in [2.45, 2.75) is 12.5 Å². The molecular weight excluding hydrogens is 212 g/mol. The largest absolute Gasteiger partial charge is 0.388 e. The minimum atomic E-state index is -0.386. The van der Waals surface area contributed by atoms with Crippen molar-refractivity contribution in [1.82, 2.24) is 9.47 Å². The van der Waals surface area contributed by atoms with E-state index in [1.54, 1.807) is 0 Å². The summed E-state index contributed by atoms with van der Waals surface area (Å²) in [6.07, 6.45) is 2.41. The van der Waals surface area contributed by atoms with E-state index < -0.39 is 0 Å². The van der Waals surface area contributed by atoms with Gasteiger partial charge in [0, 0.05) is 36.3 Å². The molecule has 0 saturated heterocycles. The van der Waals surface area contributed by atoms with Crippen molar-refractivity contribution in [2.24, 2.45) is 7.05 Å². The molecule has 1 aromatic heterocycles. The summed E-state index contributed by atoms with van der Waals surface area (Å²) in [7, 11) is 6.07. The molecule has 0 radical (unpaired) electrons. The fourth-order valence-electron chi connectivity index (χ4n) is 2.17. The lowest BCUT2D eigenvalue weighted by Gasteiger charge is -2.13. The number of hydrogen-bond acceptors (Lipinski definition) is 2. The van der Waals surface area contributed by atoms with Gasteiger partial charge in [0.1, 0.15) is 0 Å². The third-order valence-corrected chi connectivity index (χ3v) is 3.14. The van der Waals surface area contributed by atoms with Crippen LogP contribution in [0.1, 0.15) is 18.1 Å². The Morgan fingerprint density at radius 2 is 2.00 bits per heavy atom. The van der Waals surface area contributed by atoms with Crippen LogP contribution in [-0.4, -0.2) is 35.2 Å². The summed E-state index contributed by atoms with van der Waals surface area (Å²) in [6, 6.07) is 8.20. The van der Waals surface area contributed by atoms with Crippen LogP contribution in [0.25, 0.3) is 10.9 Å². The van der Waals surface area contributed by atoms with Gasteiger partial charge in [-0.15, -0.1) is 0 Å². The molecule has 0 aliphatic carbocycles. The zero-order valence-corrected chi connectivity index (χ0v) is 10.7.